The molecular weight excluding hydrogens is 374 g/mol. The van der Waals surface area contributed by atoms with E-state index in [0.717, 1.165) is 26.5 Å². The molecule has 2 aromatic rings. The van der Waals surface area contributed by atoms with Gasteiger partial charge in [0.05, 0.1) is 25.3 Å². The number of rotatable bonds is 6. The first-order chi connectivity index (χ1) is 10.1. The van der Waals surface area contributed by atoms with Gasteiger partial charge in [0.15, 0.2) is 11.5 Å². The predicted molar refractivity (Wildman–Crippen MR) is 92.1 cm³/mol. The normalized spacial score (nSPS) is 12.2. The Bertz CT molecular complexity index is 618. The van der Waals surface area contributed by atoms with Crippen LogP contribution in [0.15, 0.2) is 28.1 Å². The molecule has 2 rings (SSSR count). The molecule has 0 radical (unpaired) electrons. The minimum absolute atomic E-state index is 0.0108. The van der Waals surface area contributed by atoms with Gasteiger partial charge in [-0.2, -0.15) is 0 Å². The summed E-state index contributed by atoms with van der Waals surface area (Å²) >= 11 is 11.6. The summed E-state index contributed by atoms with van der Waals surface area (Å²) in [5.74, 6) is 1.40. The SMILES string of the molecule is CCNC(c1cc(OC)c(OC)cc1Br)c1sccc1Cl. The Morgan fingerprint density at radius 1 is 1.29 bits per heavy atom. The second-order valence-electron chi connectivity index (χ2n) is 4.35. The van der Waals surface area contributed by atoms with Crippen molar-refractivity contribution in [3.8, 4) is 11.5 Å². The van der Waals surface area contributed by atoms with Crippen molar-refractivity contribution in [3.63, 3.8) is 0 Å². The first-order valence-corrected chi connectivity index (χ1v) is 8.55. The van der Waals surface area contributed by atoms with Crippen LogP contribution in [0.25, 0.3) is 0 Å². The van der Waals surface area contributed by atoms with Crippen molar-refractivity contribution >= 4 is 38.9 Å². The average Bonchev–Trinajstić information content (AvgIpc) is 2.90. The third-order valence-electron chi connectivity index (χ3n) is 3.13. The van der Waals surface area contributed by atoms with E-state index < -0.39 is 0 Å². The van der Waals surface area contributed by atoms with Crippen molar-refractivity contribution in [2.75, 3.05) is 20.8 Å². The molecule has 1 N–H and O–H groups in total. The first-order valence-electron chi connectivity index (χ1n) is 6.50. The van der Waals surface area contributed by atoms with Crippen LogP contribution in [-0.2, 0) is 0 Å². The molecular formula is C15H17BrClNO2S. The van der Waals surface area contributed by atoms with Gasteiger partial charge in [-0.1, -0.05) is 34.5 Å². The largest absolute Gasteiger partial charge is 0.493 e. The highest BCUT2D eigenvalue weighted by Gasteiger charge is 2.22. The van der Waals surface area contributed by atoms with Gasteiger partial charge in [-0.15, -0.1) is 11.3 Å². The molecule has 0 aliphatic rings. The first kappa shape index (κ1) is 16.6. The fourth-order valence-electron chi connectivity index (χ4n) is 2.15. The van der Waals surface area contributed by atoms with Crippen molar-refractivity contribution in [2.24, 2.45) is 0 Å². The molecule has 0 saturated carbocycles. The van der Waals surface area contributed by atoms with Gasteiger partial charge in [0.2, 0.25) is 0 Å². The maximum Gasteiger partial charge on any atom is 0.161 e. The Labute approximate surface area is 142 Å². The standard InChI is InChI=1S/C15H17BrClNO2S/c1-4-18-14(15-11(17)5-6-21-15)9-7-12(19-2)13(20-3)8-10(9)16/h5-8,14,18H,4H2,1-3H3. The fourth-order valence-corrected chi connectivity index (χ4v) is 3.96. The van der Waals surface area contributed by atoms with Crippen molar-refractivity contribution in [1.29, 1.82) is 0 Å². The summed E-state index contributed by atoms with van der Waals surface area (Å²) in [5.41, 5.74) is 1.07. The van der Waals surface area contributed by atoms with Crippen molar-refractivity contribution in [1.82, 2.24) is 5.32 Å². The van der Waals surface area contributed by atoms with Gasteiger partial charge >= 0.3 is 0 Å². The second-order valence-corrected chi connectivity index (χ2v) is 6.56. The summed E-state index contributed by atoms with van der Waals surface area (Å²) in [6.45, 7) is 2.91. The molecule has 1 unspecified atom stereocenters. The van der Waals surface area contributed by atoms with Gasteiger partial charge < -0.3 is 14.8 Å². The maximum atomic E-state index is 6.30. The van der Waals surface area contributed by atoms with E-state index in [1.807, 2.05) is 23.6 Å². The van der Waals surface area contributed by atoms with Crippen LogP contribution in [0.5, 0.6) is 11.5 Å². The average molecular weight is 391 g/mol. The zero-order valence-corrected chi connectivity index (χ0v) is 15.2. The highest BCUT2D eigenvalue weighted by molar-refractivity contribution is 9.10. The molecule has 0 bridgehead atoms. The van der Waals surface area contributed by atoms with Gasteiger partial charge in [0.25, 0.3) is 0 Å². The van der Waals surface area contributed by atoms with Gasteiger partial charge in [-0.3, -0.25) is 0 Å². The Kier molecular flexibility index (Phi) is 5.93. The maximum absolute atomic E-state index is 6.30. The smallest absolute Gasteiger partial charge is 0.161 e. The number of hydrogen-bond donors (Lipinski definition) is 1. The fraction of sp³-hybridized carbons (Fsp3) is 0.333. The van der Waals surface area contributed by atoms with Crippen LogP contribution < -0.4 is 14.8 Å². The summed E-state index contributed by atoms with van der Waals surface area (Å²) in [5, 5.41) is 6.24. The van der Waals surface area contributed by atoms with Gasteiger partial charge in [-0.05, 0) is 35.7 Å². The van der Waals surface area contributed by atoms with Crippen LogP contribution in [0.2, 0.25) is 5.02 Å². The number of hydrogen-bond acceptors (Lipinski definition) is 4. The summed E-state index contributed by atoms with van der Waals surface area (Å²) in [6, 6.07) is 5.82. The molecule has 1 heterocycles. The Morgan fingerprint density at radius 3 is 2.48 bits per heavy atom. The van der Waals surface area contributed by atoms with E-state index in [0.29, 0.717) is 11.5 Å². The Balaban J connectivity index is 2.53. The number of nitrogens with one attached hydrogen (secondary N) is 1. The van der Waals surface area contributed by atoms with Gasteiger partial charge in [0.1, 0.15) is 0 Å². The molecule has 114 valence electrons. The van der Waals surface area contributed by atoms with Gasteiger partial charge in [0, 0.05) is 9.35 Å². The number of halogens is 2. The number of thiophene rings is 1. The molecule has 1 aromatic heterocycles. The zero-order valence-electron chi connectivity index (χ0n) is 12.1. The predicted octanol–water partition coefficient (Wildman–Crippen LogP) is 4.88. The molecule has 0 aliphatic heterocycles. The summed E-state index contributed by atoms with van der Waals surface area (Å²) < 4.78 is 11.7. The molecule has 0 fully saturated rings. The Hall–Kier alpha value is -0.750. The van der Waals surface area contributed by atoms with Crippen LogP contribution >= 0.6 is 38.9 Å². The molecule has 0 spiro atoms. The molecule has 6 heteroatoms. The molecule has 1 aromatic carbocycles. The van der Waals surface area contributed by atoms with E-state index in [9.17, 15) is 0 Å². The van der Waals surface area contributed by atoms with Crippen molar-refractivity contribution in [2.45, 2.75) is 13.0 Å². The van der Waals surface area contributed by atoms with Gasteiger partial charge in [-0.25, -0.2) is 0 Å². The summed E-state index contributed by atoms with van der Waals surface area (Å²) in [6.07, 6.45) is 0. The highest BCUT2D eigenvalue weighted by atomic mass is 79.9. The lowest BCUT2D eigenvalue weighted by Crippen LogP contribution is -2.22. The summed E-state index contributed by atoms with van der Waals surface area (Å²) in [4.78, 5) is 1.09. The van der Waals surface area contributed by atoms with Crippen LogP contribution in [0.3, 0.4) is 0 Å². The molecule has 1 atom stereocenters. The van der Waals surface area contributed by atoms with Crippen molar-refractivity contribution in [3.05, 3.63) is 43.5 Å². The van der Waals surface area contributed by atoms with E-state index in [4.69, 9.17) is 21.1 Å². The monoisotopic (exact) mass is 389 g/mol. The van der Waals surface area contributed by atoms with Crippen LogP contribution in [-0.4, -0.2) is 20.8 Å². The number of benzene rings is 1. The highest BCUT2D eigenvalue weighted by Crippen LogP contribution is 2.40. The minimum atomic E-state index is 0.0108. The molecule has 0 saturated heterocycles. The Morgan fingerprint density at radius 2 is 1.95 bits per heavy atom. The van der Waals surface area contributed by atoms with E-state index in [1.54, 1.807) is 25.6 Å². The third kappa shape index (κ3) is 3.54. The lowest BCUT2D eigenvalue weighted by Gasteiger charge is -2.21. The second kappa shape index (κ2) is 7.49. The van der Waals surface area contributed by atoms with E-state index >= 15 is 0 Å². The van der Waals surface area contributed by atoms with Crippen LogP contribution in [0.1, 0.15) is 23.4 Å². The number of ether oxygens (including phenoxy) is 2. The molecule has 21 heavy (non-hydrogen) atoms. The number of methoxy groups -OCH3 is 2. The molecule has 3 nitrogen and oxygen atoms in total. The lowest BCUT2D eigenvalue weighted by atomic mass is 10.0. The van der Waals surface area contributed by atoms with E-state index in [-0.39, 0.29) is 6.04 Å². The lowest BCUT2D eigenvalue weighted by molar-refractivity contribution is 0.354. The van der Waals surface area contributed by atoms with E-state index in [1.165, 1.54) is 0 Å². The quantitative estimate of drug-likeness (QED) is 0.762. The third-order valence-corrected chi connectivity index (χ3v) is 5.24. The van der Waals surface area contributed by atoms with Crippen LogP contribution in [0.4, 0.5) is 0 Å². The minimum Gasteiger partial charge on any atom is -0.493 e. The van der Waals surface area contributed by atoms with E-state index in [2.05, 4.69) is 28.2 Å². The summed E-state index contributed by atoms with van der Waals surface area (Å²) in [7, 11) is 3.26. The zero-order chi connectivity index (χ0) is 15.4. The van der Waals surface area contributed by atoms with Crippen LogP contribution in [0, 0.1) is 0 Å². The molecule has 0 aliphatic carbocycles. The topological polar surface area (TPSA) is 30.5 Å². The molecule has 0 amide bonds. The van der Waals surface area contributed by atoms with Crippen molar-refractivity contribution < 1.29 is 9.47 Å².